The van der Waals surface area contributed by atoms with Gasteiger partial charge < -0.3 is 19.9 Å². The Morgan fingerprint density at radius 2 is 2.00 bits per heavy atom. The summed E-state index contributed by atoms with van der Waals surface area (Å²) in [5.74, 6) is 0.527. The molecule has 0 bridgehead atoms. The summed E-state index contributed by atoms with van der Waals surface area (Å²) in [6.07, 6.45) is 6.33. The second-order valence-corrected chi connectivity index (χ2v) is 8.21. The van der Waals surface area contributed by atoms with Crippen LogP contribution in [0.4, 0.5) is 5.69 Å². The van der Waals surface area contributed by atoms with Crippen molar-refractivity contribution in [2.45, 2.75) is 58.4 Å². The fourth-order valence-corrected chi connectivity index (χ4v) is 4.31. The van der Waals surface area contributed by atoms with Crippen LogP contribution in [-0.4, -0.2) is 55.5 Å². The molecule has 2 saturated heterocycles. The van der Waals surface area contributed by atoms with Gasteiger partial charge in [0.2, 0.25) is 11.8 Å². The van der Waals surface area contributed by atoms with Gasteiger partial charge in [0.25, 0.3) is 0 Å². The van der Waals surface area contributed by atoms with E-state index in [2.05, 4.69) is 17.1 Å². The molecule has 6 nitrogen and oxygen atoms in total. The number of carbonyl (C=O) groups is 2. The smallest absolute Gasteiger partial charge is 0.227 e. The van der Waals surface area contributed by atoms with Crippen molar-refractivity contribution in [3.8, 4) is 5.75 Å². The molecule has 29 heavy (non-hydrogen) atoms. The average Bonchev–Trinajstić information content (AvgIpc) is 3.11. The number of ether oxygens (including phenoxy) is 1. The molecular weight excluding hydrogens is 366 g/mol. The van der Waals surface area contributed by atoms with Crippen molar-refractivity contribution in [2.24, 2.45) is 5.92 Å². The van der Waals surface area contributed by atoms with Crippen molar-refractivity contribution >= 4 is 17.5 Å². The summed E-state index contributed by atoms with van der Waals surface area (Å²) in [6, 6.07) is 8.18. The van der Waals surface area contributed by atoms with Crippen LogP contribution in [0.2, 0.25) is 0 Å². The van der Waals surface area contributed by atoms with Crippen molar-refractivity contribution in [1.82, 2.24) is 10.2 Å². The number of rotatable bonds is 9. The van der Waals surface area contributed by atoms with Crippen LogP contribution in [0.25, 0.3) is 0 Å². The molecule has 0 spiro atoms. The Labute approximate surface area is 174 Å². The first-order chi connectivity index (χ1) is 14.1. The van der Waals surface area contributed by atoms with Gasteiger partial charge in [0.15, 0.2) is 0 Å². The number of piperidine rings is 1. The first-order valence-corrected chi connectivity index (χ1v) is 11.1. The predicted molar refractivity (Wildman–Crippen MR) is 115 cm³/mol. The minimum absolute atomic E-state index is 0.00173. The summed E-state index contributed by atoms with van der Waals surface area (Å²) >= 11 is 0. The number of benzene rings is 1. The average molecular weight is 402 g/mol. The van der Waals surface area contributed by atoms with Gasteiger partial charge in [-0.3, -0.25) is 9.59 Å². The molecule has 0 unspecified atom stereocenters. The molecule has 2 aliphatic heterocycles. The molecule has 0 aromatic heterocycles. The lowest BCUT2D eigenvalue weighted by molar-refractivity contribution is -0.126. The standard InChI is InChI=1S/C23H35N3O3/c1-3-29-21-11-9-20(10-12-21)26-17-19(16-22(26)27)23(28)24-13-5-7-15-25-14-6-4-8-18(25)2/h9-12,18-19H,3-8,13-17H2,1-2H3,(H,24,28)/t18-,19-/m1/s1. The number of nitrogens with one attached hydrogen (secondary N) is 1. The van der Waals surface area contributed by atoms with Crippen LogP contribution < -0.4 is 15.0 Å². The third-order valence-electron chi connectivity index (χ3n) is 6.07. The predicted octanol–water partition coefficient (Wildman–Crippen LogP) is 3.21. The zero-order valence-electron chi connectivity index (χ0n) is 17.9. The molecule has 1 N–H and O–H groups in total. The van der Waals surface area contributed by atoms with E-state index in [1.54, 1.807) is 4.90 Å². The zero-order chi connectivity index (χ0) is 20.6. The molecule has 1 aromatic carbocycles. The van der Waals surface area contributed by atoms with E-state index >= 15 is 0 Å². The number of hydrogen-bond donors (Lipinski definition) is 1. The quantitative estimate of drug-likeness (QED) is 0.646. The van der Waals surface area contributed by atoms with Gasteiger partial charge in [-0.15, -0.1) is 0 Å². The van der Waals surface area contributed by atoms with E-state index in [4.69, 9.17) is 4.74 Å². The minimum atomic E-state index is -0.267. The Kier molecular flexibility index (Phi) is 7.92. The molecule has 2 amide bonds. The normalized spacial score (nSPS) is 22.7. The van der Waals surface area contributed by atoms with E-state index in [1.807, 2.05) is 31.2 Å². The molecule has 6 heteroatoms. The van der Waals surface area contributed by atoms with Gasteiger partial charge in [-0.05, 0) is 76.9 Å². The number of unbranched alkanes of at least 4 members (excludes halogenated alkanes) is 1. The molecule has 0 aliphatic carbocycles. The Morgan fingerprint density at radius 1 is 1.21 bits per heavy atom. The third kappa shape index (κ3) is 5.95. The van der Waals surface area contributed by atoms with Crippen molar-refractivity contribution in [2.75, 3.05) is 37.7 Å². The van der Waals surface area contributed by atoms with Crippen LogP contribution in [0.15, 0.2) is 24.3 Å². The number of carbonyl (C=O) groups excluding carboxylic acids is 2. The van der Waals surface area contributed by atoms with Crippen LogP contribution in [0.3, 0.4) is 0 Å². The summed E-state index contributed by atoms with van der Waals surface area (Å²) in [4.78, 5) is 29.2. The van der Waals surface area contributed by atoms with Crippen LogP contribution in [0, 0.1) is 5.92 Å². The molecule has 2 fully saturated rings. The van der Waals surface area contributed by atoms with Gasteiger partial charge in [-0.1, -0.05) is 6.42 Å². The highest BCUT2D eigenvalue weighted by Gasteiger charge is 2.34. The maximum Gasteiger partial charge on any atom is 0.227 e. The number of hydrogen-bond acceptors (Lipinski definition) is 4. The van der Waals surface area contributed by atoms with E-state index in [9.17, 15) is 9.59 Å². The number of nitrogens with zero attached hydrogens (tertiary/aromatic N) is 2. The molecule has 1 aromatic rings. The highest BCUT2D eigenvalue weighted by atomic mass is 16.5. The summed E-state index contributed by atoms with van der Waals surface area (Å²) < 4.78 is 5.45. The monoisotopic (exact) mass is 401 g/mol. The molecule has 2 atom stereocenters. The van der Waals surface area contributed by atoms with Crippen LogP contribution >= 0.6 is 0 Å². The highest BCUT2D eigenvalue weighted by molar-refractivity contribution is 6.00. The van der Waals surface area contributed by atoms with Crippen LogP contribution in [-0.2, 0) is 9.59 Å². The SMILES string of the molecule is CCOc1ccc(N2C[C@H](C(=O)NCCCCN3CCCC[C@H]3C)CC2=O)cc1. The Morgan fingerprint density at radius 3 is 2.72 bits per heavy atom. The molecule has 3 rings (SSSR count). The second-order valence-electron chi connectivity index (χ2n) is 8.21. The topological polar surface area (TPSA) is 61.9 Å². The fraction of sp³-hybridized carbons (Fsp3) is 0.652. The summed E-state index contributed by atoms with van der Waals surface area (Å²) in [6.45, 7) is 8.33. The lowest BCUT2D eigenvalue weighted by atomic mass is 10.0. The van der Waals surface area contributed by atoms with Crippen LogP contribution in [0.1, 0.15) is 52.4 Å². The van der Waals surface area contributed by atoms with Crippen LogP contribution in [0.5, 0.6) is 5.75 Å². The highest BCUT2D eigenvalue weighted by Crippen LogP contribution is 2.27. The minimum Gasteiger partial charge on any atom is -0.494 e. The van der Waals surface area contributed by atoms with Gasteiger partial charge in [-0.25, -0.2) is 0 Å². The molecule has 160 valence electrons. The summed E-state index contributed by atoms with van der Waals surface area (Å²) in [7, 11) is 0. The largest absolute Gasteiger partial charge is 0.494 e. The van der Waals surface area contributed by atoms with E-state index < -0.39 is 0 Å². The van der Waals surface area contributed by atoms with Gasteiger partial charge in [0, 0.05) is 31.2 Å². The van der Waals surface area contributed by atoms with Crippen molar-refractivity contribution in [1.29, 1.82) is 0 Å². The Balaban J connectivity index is 1.38. The number of amides is 2. The first-order valence-electron chi connectivity index (χ1n) is 11.1. The van der Waals surface area contributed by atoms with Gasteiger partial charge in [-0.2, -0.15) is 0 Å². The maximum atomic E-state index is 12.5. The third-order valence-corrected chi connectivity index (χ3v) is 6.07. The van der Waals surface area contributed by atoms with Gasteiger partial charge in [0.1, 0.15) is 5.75 Å². The summed E-state index contributed by atoms with van der Waals surface area (Å²) in [5, 5.41) is 3.04. The molecule has 2 heterocycles. The first kappa shape index (κ1) is 21.6. The lowest BCUT2D eigenvalue weighted by Crippen LogP contribution is -2.38. The fourth-order valence-electron chi connectivity index (χ4n) is 4.31. The molecule has 2 aliphatic rings. The van der Waals surface area contributed by atoms with Crippen molar-refractivity contribution in [3.63, 3.8) is 0 Å². The van der Waals surface area contributed by atoms with Crippen molar-refractivity contribution in [3.05, 3.63) is 24.3 Å². The zero-order valence-corrected chi connectivity index (χ0v) is 17.9. The Bertz CT molecular complexity index is 676. The lowest BCUT2D eigenvalue weighted by Gasteiger charge is -2.33. The van der Waals surface area contributed by atoms with E-state index in [0.29, 0.717) is 25.7 Å². The Hall–Kier alpha value is -2.08. The second kappa shape index (κ2) is 10.6. The molecule has 0 radical (unpaired) electrons. The van der Waals surface area contributed by atoms with E-state index in [0.717, 1.165) is 30.8 Å². The maximum absolute atomic E-state index is 12.5. The van der Waals surface area contributed by atoms with Gasteiger partial charge >= 0.3 is 0 Å². The molecule has 0 saturated carbocycles. The van der Waals surface area contributed by atoms with Crippen molar-refractivity contribution < 1.29 is 14.3 Å². The van der Waals surface area contributed by atoms with E-state index in [-0.39, 0.29) is 24.2 Å². The van der Waals surface area contributed by atoms with E-state index in [1.165, 1.54) is 25.8 Å². The molecular formula is C23H35N3O3. The summed E-state index contributed by atoms with van der Waals surface area (Å²) in [5.41, 5.74) is 0.824. The number of anilines is 1. The number of likely N-dealkylation sites (tertiary alicyclic amines) is 1. The van der Waals surface area contributed by atoms with Gasteiger partial charge in [0.05, 0.1) is 12.5 Å².